The summed E-state index contributed by atoms with van der Waals surface area (Å²) in [6.45, 7) is 2.24. The number of hydrogen-bond acceptors (Lipinski definition) is 4. The first kappa shape index (κ1) is 19.5. The van der Waals surface area contributed by atoms with Crippen LogP contribution in [-0.2, 0) is 16.0 Å². The lowest BCUT2D eigenvalue weighted by Gasteiger charge is -2.23. The van der Waals surface area contributed by atoms with E-state index in [4.69, 9.17) is 4.74 Å². The maximum Gasteiger partial charge on any atom is 0.331 e. The molecule has 2 rings (SSSR count). The van der Waals surface area contributed by atoms with Gasteiger partial charge in [-0.2, -0.15) is 0 Å². The first-order valence-corrected chi connectivity index (χ1v) is 8.59. The topological polar surface area (TPSA) is 87.7 Å². The van der Waals surface area contributed by atoms with Gasteiger partial charge in [-0.3, -0.25) is 0 Å². The van der Waals surface area contributed by atoms with Crippen molar-refractivity contribution in [2.75, 3.05) is 13.2 Å². The third-order valence-electron chi connectivity index (χ3n) is 3.83. The molecule has 2 atom stereocenters. The Morgan fingerprint density at radius 1 is 1.04 bits per heavy atom. The summed E-state index contributed by atoms with van der Waals surface area (Å²) >= 11 is 0. The molecule has 6 nitrogen and oxygen atoms in total. The summed E-state index contributed by atoms with van der Waals surface area (Å²) < 4.78 is 4.98. The lowest BCUT2D eigenvalue weighted by Crippen LogP contribution is -2.50. The lowest BCUT2D eigenvalue weighted by atomic mass is 10.0. The molecular weight excluding hydrogens is 332 g/mol. The first-order chi connectivity index (χ1) is 12.6. The highest BCUT2D eigenvalue weighted by atomic mass is 16.5. The molecule has 0 spiro atoms. The number of benzene rings is 2. The van der Waals surface area contributed by atoms with E-state index in [1.165, 1.54) is 0 Å². The minimum atomic E-state index is -1.20. The molecule has 2 aromatic carbocycles. The van der Waals surface area contributed by atoms with E-state index < -0.39 is 24.1 Å². The van der Waals surface area contributed by atoms with Crippen LogP contribution in [0.25, 0.3) is 0 Å². The zero-order valence-electron chi connectivity index (χ0n) is 14.7. The normalized spacial score (nSPS) is 12.7. The van der Waals surface area contributed by atoms with Gasteiger partial charge >= 0.3 is 12.0 Å². The Labute approximate surface area is 153 Å². The Balaban J connectivity index is 1.94. The quantitative estimate of drug-likeness (QED) is 0.633. The molecule has 2 amide bonds. The van der Waals surface area contributed by atoms with Crippen LogP contribution in [0, 0.1) is 0 Å². The molecule has 0 heterocycles. The minimum absolute atomic E-state index is 0.161. The van der Waals surface area contributed by atoms with Crippen molar-refractivity contribution >= 4 is 12.0 Å². The number of esters is 1. The standard InChI is InChI=1S/C20H24N2O4/c1-2-26-19(24)17(18(23)16-11-7-4-8-12-16)22-20(25)21-14-13-15-9-5-3-6-10-15/h3-12,17-18,23H,2,13-14H2,1H3,(H2,21,22,25). The number of urea groups is 1. The van der Waals surface area contributed by atoms with Crippen molar-refractivity contribution in [1.82, 2.24) is 10.6 Å². The summed E-state index contributed by atoms with van der Waals surface area (Å²) in [5.41, 5.74) is 1.62. The molecule has 26 heavy (non-hydrogen) atoms. The van der Waals surface area contributed by atoms with Crippen LogP contribution in [0.15, 0.2) is 60.7 Å². The van der Waals surface area contributed by atoms with Crippen molar-refractivity contribution in [3.8, 4) is 0 Å². The molecule has 3 N–H and O–H groups in total. The summed E-state index contributed by atoms with van der Waals surface area (Å²) in [6.07, 6.45) is -0.533. The largest absolute Gasteiger partial charge is 0.464 e. The molecule has 2 aromatic rings. The molecule has 0 bridgehead atoms. The summed E-state index contributed by atoms with van der Waals surface area (Å²) in [6, 6.07) is 16.7. The SMILES string of the molecule is CCOC(=O)C(NC(=O)NCCc1ccccc1)C(O)c1ccccc1. The molecule has 0 aromatic heterocycles. The second-order valence-corrected chi connectivity index (χ2v) is 5.72. The molecule has 0 radical (unpaired) electrons. The van der Waals surface area contributed by atoms with Gasteiger partial charge in [0, 0.05) is 6.54 Å². The van der Waals surface area contributed by atoms with Gasteiger partial charge in [-0.25, -0.2) is 9.59 Å². The first-order valence-electron chi connectivity index (χ1n) is 8.59. The van der Waals surface area contributed by atoms with Crippen molar-refractivity contribution in [3.05, 3.63) is 71.8 Å². The Bertz CT molecular complexity index is 691. The second kappa shape index (κ2) is 10.2. The molecule has 138 valence electrons. The van der Waals surface area contributed by atoms with Gasteiger partial charge in [0.2, 0.25) is 0 Å². The number of rotatable bonds is 8. The van der Waals surface area contributed by atoms with E-state index in [0.717, 1.165) is 5.56 Å². The number of hydrogen-bond donors (Lipinski definition) is 3. The number of carbonyl (C=O) groups is 2. The summed E-state index contributed by atoms with van der Waals surface area (Å²) in [4.78, 5) is 24.3. The van der Waals surface area contributed by atoms with Crippen LogP contribution in [0.3, 0.4) is 0 Å². The number of nitrogens with one attached hydrogen (secondary N) is 2. The summed E-state index contributed by atoms with van der Waals surface area (Å²) in [5, 5.41) is 15.7. The Morgan fingerprint density at radius 2 is 1.65 bits per heavy atom. The number of aliphatic hydroxyl groups is 1. The zero-order valence-corrected chi connectivity index (χ0v) is 14.7. The van der Waals surface area contributed by atoms with E-state index in [-0.39, 0.29) is 6.61 Å². The third-order valence-corrected chi connectivity index (χ3v) is 3.83. The van der Waals surface area contributed by atoms with Gasteiger partial charge in [-0.1, -0.05) is 60.7 Å². The highest BCUT2D eigenvalue weighted by molar-refractivity contribution is 5.84. The molecule has 0 aliphatic rings. The average molecular weight is 356 g/mol. The Kier molecular flexibility index (Phi) is 7.64. The molecule has 0 fully saturated rings. The van der Waals surface area contributed by atoms with Crippen LogP contribution in [0.1, 0.15) is 24.2 Å². The second-order valence-electron chi connectivity index (χ2n) is 5.72. The Morgan fingerprint density at radius 3 is 2.27 bits per heavy atom. The number of ether oxygens (including phenoxy) is 1. The van der Waals surface area contributed by atoms with E-state index in [1.54, 1.807) is 37.3 Å². The van der Waals surface area contributed by atoms with Crippen LogP contribution >= 0.6 is 0 Å². The molecule has 2 unspecified atom stereocenters. The maximum atomic E-state index is 12.2. The van der Waals surface area contributed by atoms with E-state index in [1.807, 2.05) is 30.3 Å². The highest BCUT2D eigenvalue weighted by Gasteiger charge is 2.30. The molecule has 0 saturated carbocycles. The van der Waals surface area contributed by atoms with Gasteiger partial charge in [0.25, 0.3) is 0 Å². The third kappa shape index (κ3) is 5.89. The van der Waals surface area contributed by atoms with Crippen LogP contribution in [0.4, 0.5) is 4.79 Å². The van der Waals surface area contributed by atoms with Crippen molar-refractivity contribution in [2.45, 2.75) is 25.5 Å². The van der Waals surface area contributed by atoms with Gasteiger partial charge in [0.05, 0.1) is 6.61 Å². The van der Waals surface area contributed by atoms with Gasteiger partial charge < -0.3 is 20.5 Å². The van der Waals surface area contributed by atoms with E-state index in [0.29, 0.717) is 18.5 Å². The average Bonchev–Trinajstić information content (AvgIpc) is 2.67. The molecule has 0 aliphatic heterocycles. The highest BCUT2D eigenvalue weighted by Crippen LogP contribution is 2.17. The van der Waals surface area contributed by atoms with Crippen molar-refractivity contribution in [3.63, 3.8) is 0 Å². The fourth-order valence-corrected chi connectivity index (χ4v) is 2.50. The number of amides is 2. The maximum absolute atomic E-state index is 12.2. The monoisotopic (exact) mass is 356 g/mol. The van der Waals surface area contributed by atoms with Gasteiger partial charge in [-0.05, 0) is 24.5 Å². The van der Waals surface area contributed by atoms with Gasteiger partial charge in [-0.15, -0.1) is 0 Å². The number of aliphatic hydroxyl groups excluding tert-OH is 1. The summed E-state index contributed by atoms with van der Waals surface area (Å²) in [7, 11) is 0. The van der Waals surface area contributed by atoms with E-state index in [2.05, 4.69) is 10.6 Å². The minimum Gasteiger partial charge on any atom is -0.464 e. The zero-order chi connectivity index (χ0) is 18.8. The van der Waals surface area contributed by atoms with Gasteiger partial charge in [0.15, 0.2) is 6.04 Å². The van der Waals surface area contributed by atoms with Crippen molar-refractivity contribution in [2.24, 2.45) is 0 Å². The van der Waals surface area contributed by atoms with E-state index >= 15 is 0 Å². The van der Waals surface area contributed by atoms with Crippen LogP contribution in [0.2, 0.25) is 0 Å². The fraction of sp³-hybridized carbons (Fsp3) is 0.300. The molecule has 0 saturated heterocycles. The smallest absolute Gasteiger partial charge is 0.331 e. The summed E-state index contributed by atoms with van der Waals surface area (Å²) in [5.74, 6) is -0.679. The molecular formula is C20H24N2O4. The Hall–Kier alpha value is -2.86. The van der Waals surface area contributed by atoms with Gasteiger partial charge in [0.1, 0.15) is 6.10 Å². The predicted octanol–water partition coefficient (Wildman–Crippen LogP) is 2.19. The molecule has 0 aliphatic carbocycles. The van der Waals surface area contributed by atoms with Crippen LogP contribution in [-0.4, -0.2) is 36.3 Å². The van der Waals surface area contributed by atoms with Crippen molar-refractivity contribution in [1.29, 1.82) is 0 Å². The fourth-order valence-electron chi connectivity index (χ4n) is 2.50. The van der Waals surface area contributed by atoms with Crippen LogP contribution < -0.4 is 10.6 Å². The van der Waals surface area contributed by atoms with Crippen molar-refractivity contribution < 1.29 is 19.4 Å². The van der Waals surface area contributed by atoms with Crippen LogP contribution in [0.5, 0.6) is 0 Å². The predicted molar refractivity (Wildman–Crippen MR) is 98.5 cm³/mol. The lowest BCUT2D eigenvalue weighted by molar-refractivity contribution is -0.148. The van der Waals surface area contributed by atoms with E-state index in [9.17, 15) is 14.7 Å². The molecule has 6 heteroatoms. The number of carbonyl (C=O) groups excluding carboxylic acids is 2.